The molecule has 1 aliphatic rings. The number of rotatable bonds is 4. The third-order valence-electron chi connectivity index (χ3n) is 3.22. The molecule has 1 aliphatic heterocycles. The van der Waals surface area contributed by atoms with Crippen LogP contribution in [0.5, 0.6) is 0 Å². The van der Waals surface area contributed by atoms with E-state index in [9.17, 15) is 0 Å². The summed E-state index contributed by atoms with van der Waals surface area (Å²) in [6.07, 6.45) is 4.13. The summed E-state index contributed by atoms with van der Waals surface area (Å²) >= 11 is 0. The van der Waals surface area contributed by atoms with Crippen LogP contribution < -0.4 is 0 Å². The summed E-state index contributed by atoms with van der Waals surface area (Å²) in [5.41, 5.74) is 1.63. The average molecular weight is 245 g/mol. The predicted octanol–water partition coefficient (Wildman–Crippen LogP) is 1.81. The average Bonchev–Trinajstić information content (AvgIpc) is 2.40. The first kappa shape index (κ1) is 13.0. The highest BCUT2D eigenvalue weighted by molar-refractivity contribution is 5.25. The van der Waals surface area contributed by atoms with Crippen LogP contribution in [0.2, 0.25) is 0 Å². The molecule has 0 radical (unpaired) electrons. The largest absolute Gasteiger partial charge is 0.381 e. The van der Waals surface area contributed by atoms with Gasteiger partial charge in [0.25, 0.3) is 0 Å². The number of nitrogens with zero attached hydrogens (tertiary/aromatic N) is 3. The number of pyridine rings is 1. The van der Waals surface area contributed by atoms with Gasteiger partial charge in [0.15, 0.2) is 0 Å². The molecule has 0 spiro atoms. The maximum Gasteiger partial charge on any atom is 0.140 e. The van der Waals surface area contributed by atoms with E-state index in [1.165, 1.54) is 12.8 Å². The van der Waals surface area contributed by atoms with E-state index in [1.807, 2.05) is 12.1 Å². The van der Waals surface area contributed by atoms with Gasteiger partial charge in [-0.05, 0) is 43.5 Å². The van der Waals surface area contributed by atoms with Crippen molar-refractivity contribution in [1.82, 2.24) is 9.88 Å². The Morgan fingerprint density at radius 1 is 1.61 bits per heavy atom. The van der Waals surface area contributed by atoms with Gasteiger partial charge in [0.05, 0.1) is 6.61 Å². The highest BCUT2D eigenvalue weighted by atomic mass is 16.5. The van der Waals surface area contributed by atoms with Crippen molar-refractivity contribution in [3.05, 3.63) is 29.6 Å². The van der Waals surface area contributed by atoms with Gasteiger partial charge in [0.2, 0.25) is 0 Å². The van der Waals surface area contributed by atoms with Gasteiger partial charge in [0.1, 0.15) is 11.8 Å². The Morgan fingerprint density at radius 2 is 2.50 bits per heavy atom. The molecule has 0 aromatic carbocycles. The standard InChI is InChI=1S/C14H19N3O/c1-17(10-13-3-2-6-18-11-13)9-12-4-5-16-14(7-12)8-15/h4-5,7,13H,2-3,6,9-11H2,1H3. The lowest BCUT2D eigenvalue weighted by Gasteiger charge is -2.27. The molecule has 0 saturated carbocycles. The summed E-state index contributed by atoms with van der Waals surface area (Å²) in [6, 6.07) is 5.89. The smallest absolute Gasteiger partial charge is 0.140 e. The third kappa shape index (κ3) is 3.80. The third-order valence-corrected chi connectivity index (χ3v) is 3.22. The Bertz CT molecular complexity index is 421. The Labute approximate surface area is 108 Å². The minimum atomic E-state index is 0.488. The molecule has 96 valence electrons. The first-order valence-electron chi connectivity index (χ1n) is 6.39. The van der Waals surface area contributed by atoms with E-state index in [0.29, 0.717) is 11.6 Å². The van der Waals surface area contributed by atoms with Crippen molar-refractivity contribution in [2.45, 2.75) is 19.4 Å². The normalized spacial score (nSPS) is 19.7. The van der Waals surface area contributed by atoms with Crippen LogP contribution in [0.1, 0.15) is 24.1 Å². The van der Waals surface area contributed by atoms with Crippen LogP contribution in [0, 0.1) is 17.2 Å². The van der Waals surface area contributed by atoms with Crippen LogP contribution >= 0.6 is 0 Å². The highest BCUT2D eigenvalue weighted by Gasteiger charge is 2.15. The molecule has 1 atom stereocenters. The molecule has 0 bridgehead atoms. The number of aromatic nitrogens is 1. The summed E-state index contributed by atoms with van der Waals surface area (Å²) in [4.78, 5) is 6.27. The molecular formula is C14H19N3O. The van der Waals surface area contributed by atoms with E-state index in [4.69, 9.17) is 10.00 Å². The fourth-order valence-electron chi connectivity index (χ4n) is 2.40. The first-order valence-corrected chi connectivity index (χ1v) is 6.39. The maximum atomic E-state index is 8.81. The summed E-state index contributed by atoms with van der Waals surface area (Å²) < 4.78 is 5.49. The molecular weight excluding hydrogens is 226 g/mol. The number of ether oxygens (including phenoxy) is 1. The molecule has 1 saturated heterocycles. The molecule has 0 amide bonds. The molecule has 4 nitrogen and oxygen atoms in total. The maximum absolute atomic E-state index is 8.81. The van der Waals surface area contributed by atoms with Crippen molar-refractivity contribution in [1.29, 1.82) is 5.26 Å². The molecule has 1 aromatic rings. The lowest BCUT2D eigenvalue weighted by atomic mass is 10.0. The summed E-state index contributed by atoms with van der Waals surface area (Å²) in [5, 5.41) is 8.81. The molecule has 0 N–H and O–H groups in total. The van der Waals surface area contributed by atoms with Gasteiger partial charge in [0, 0.05) is 25.9 Å². The van der Waals surface area contributed by atoms with Gasteiger partial charge in [-0.3, -0.25) is 0 Å². The van der Waals surface area contributed by atoms with Crippen molar-refractivity contribution in [2.24, 2.45) is 5.92 Å². The van der Waals surface area contributed by atoms with Gasteiger partial charge < -0.3 is 9.64 Å². The highest BCUT2D eigenvalue weighted by Crippen LogP contribution is 2.15. The summed E-state index contributed by atoms with van der Waals surface area (Å²) in [6.45, 7) is 3.69. The van der Waals surface area contributed by atoms with Crippen LogP contribution in [0.25, 0.3) is 0 Å². The van der Waals surface area contributed by atoms with Gasteiger partial charge in [-0.15, -0.1) is 0 Å². The Kier molecular flexibility index (Phi) is 4.68. The van der Waals surface area contributed by atoms with Crippen LogP contribution in [0.4, 0.5) is 0 Å². The lowest BCUT2D eigenvalue weighted by molar-refractivity contribution is 0.0411. The number of hydrogen-bond acceptors (Lipinski definition) is 4. The molecule has 1 unspecified atom stereocenters. The number of hydrogen-bond donors (Lipinski definition) is 0. The van der Waals surface area contributed by atoms with Crippen molar-refractivity contribution in [3.8, 4) is 6.07 Å². The van der Waals surface area contributed by atoms with E-state index in [1.54, 1.807) is 6.20 Å². The zero-order valence-electron chi connectivity index (χ0n) is 10.8. The van der Waals surface area contributed by atoms with Crippen LogP contribution in [0.3, 0.4) is 0 Å². The molecule has 2 rings (SSSR count). The van der Waals surface area contributed by atoms with E-state index in [2.05, 4.69) is 23.0 Å². The Balaban J connectivity index is 1.86. The van der Waals surface area contributed by atoms with Crippen molar-refractivity contribution in [3.63, 3.8) is 0 Å². The van der Waals surface area contributed by atoms with E-state index in [-0.39, 0.29) is 0 Å². The fourth-order valence-corrected chi connectivity index (χ4v) is 2.40. The SMILES string of the molecule is CN(Cc1ccnc(C#N)c1)CC1CCCOC1. The fraction of sp³-hybridized carbons (Fsp3) is 0.571. The quantitative estimate of drug-likeness (QED) is 0.811. The van der Waals surface area contributed by atoms with Crippen molar-refractivity contribution in [2.75, 3.05) is 26.8 Å². The Hall–Kier alpha value is -1.44. The van der Waals surface area contributed by atoms with Crippen LogP contribution in [0.15, 0.2) is 18.3 Å². The second-order valence-corrected chi connectivity index (χ2v) is 4.94. The zero-order chi connectivity index (χ0) is 12.8. The van der Waals surface area contributed by atoms with Gasteiger partial charge in [-0.1, -0.05) is 0 Å². The minimum absolute atomic E-state index is 0.488. The molecule has 1 aromatic heterocycles. The van der Waals surface area contributed by atoms with E-state index < -0.39 is 0 Å². The van der Waals surface area contributed by atoms with Crippen molar-refractivity contribution >= 4 is 0 Å². The first-order chi connectivity index (χ1) is 8.78. The zero-order valence-corrected chi connectivity index (χ0v) is 10.8. The summed E-state index contributed by atoms with van der Waals surface area (Å²) in [5.74, 6) is 0.640. The van der Waals surface area contributed by atoms with Gasteiger partial charge in [-0.2, -0.15) is 5.26 Å². The Morgan fingerprint density at radius 3 is 3.22 bits per heavy atom. The monoisotopic (exact) mass is 245 g/mol. The second kappa shape index (κ2) is 6.48. The molecule has 1 fully saturated rings. The van der Waals surface area contributed by atoms with Crippen LogP contribution in [-0.2, 0) is 11.3 Å². The lowest BCUT2D eigenvalue weighted by Crippen LogP contribution is -2.30. The topological polar surface area (TPSA) is 49.2 Å². The van der Waals surface area contributed by atoms with Gasteiger partial charge in [-0.25, -0.2) is 4.98 Å². The predicted molar refractivity (Wildman–Crippen MR) is 68.8 cm³/mol. The van der Waals surface area contributed by atoms with E-state index >= 15 is 0 Å². The summed E-state index contributed by atoms with van der Waals surface area (Å²) in [7, 11) is 2.11. The number of nitriles is 1. The van der Waals surface area contributed by atoms with Crippen molar-refractivity contribution < 1.29 is 4.74 Å². The molecule has 18 heavy (non-hydrogen) atoms. The molecule has 4 heteroatoms. The van der Waals surface area contributed by atoms with Gasteiger partial charge >= 0.3 is 0 Å². The molecule has 0 aliphatic carbocycles. The second-order valence-electron chi connectivity index (χ2n) is 4.94. The van der Waals surface area contributed by atoms with E-state index in [0.717, 1.165) is 31.9 Å². The van der Waals surface area contributed by atoms with Crippen LogP contribution in [-0.4, -0.2) is 36.7 Å². The minimum Gasteiger partial charge on any atom is -0.381 e. The molecule has 2 heterocycles.